The molecule has 2 aliphatic heterocycles. The van der Waals surface area contributed by atoms with Crippen LogP contribution in [0.3, 0.4) is 0 Å². The van der Waals surface area contributed by atoms with Crippen molar-refractivity contribution in [3.63, 3.8) is 0 Å². The highest BCUT2D eigenvalue weighted by atomic mass is 16.2. The Hall–Kier alpha value is -4.84. The van der Waals surface area contributed by atoms with E-state index in [9.17, 15) is 19.2 Å². The summed E-state index contributed by atoms with van der Waals surface area (Å²) in [4.78, 5) is 60.2. The van der Waals surface area contributed by atoms with Crippen LogP contribution in [0.2, 0.25) is 0 Å². The zero-order chi connectivity index (χ0) is 36.1. The summed E-state index contributed by atoms with van der Waals surface area (Å²) < 4.78 is 0. The molecule has 0 spiro atoms. The highest BCUT2D eigenvalue weighted by Gasteiger charge is 2.44. The molecule has 0 saturated carbocycles. The number of piperidine rings is 1. The van der Waals surface area contributed by atoms with E-state index in [1.54, 1.807) is 9.80 Å². The second kappa shape index (κ2) is 18.4. The van der Waals surface area contributed by atoms with Crippen LogP contribution in [-0.2, 0) is 27.2 Å². The van der Waals surface area contributed by atoms with Gasteiger partial charge in [0.15, 0.2) is 0 Å². The minimum Gasteiger partial charge on any atom is -0.356 e. The Kier molecular flexibility index (Phi) is 13.5. The predicted octanol–water partition coefficient (Wildman–Crippen LogP) is 5.57. The van der Waals surface area contributed by atoms with Crippen LogP contribution < -0.4 is 10.6 Å². The number of hydrogen-bond donors (Lipinski definition) is 2. The normalized spacial score (nSPS) is 18.0. The van der Waals surface area contributed by atoms with Gasteiger partial charge in [-0.3, -0.25) is 14.4 Å². The molecule has 2 aliphatic rings. The van der Waals surface area contributed by atoms with Crippen molar-refractivity contribution in [2.75, 3.05) is 45.8 Å². The Bertz CT molecular complexity index is 1710. The van der Waals surface area contributed by atoms with Crippen LogP contribution in [0.1, 0.15) is 69.9 Å². The summed E-state index contributed by atoms with van der Waals surface area (Å²) in [6.07, 6.45) is 6.40. The van der Waals surface area contributed by atoms with Crippen molar-refractivity contribution in [2.45, 2.75) is 77.7 Å². The predicted molar refractivity (Wildman–Crippen MR) is 202 cm³/mol. The van der Waals surface area contributed by atoms with E-state index in [4.69, 9.17) is 0 Å². The number of carbonyl (C=O) groups is 4. The lowest BCUT2D eigenvalue weighted by Gasteiger charge is -2.43. The number of nitrogens with zero attached hydrogens (tertiary/aromatic N) is 3. The van der Waals surface area contributed by atoms with Gasteiger partial charge in [0.25, 0.3) is 0 Å². The molecule has 3 aromatic carbocycles. The molecule has 5 rings (SSSR count). The van der Waals surface area contributed by atoms with E-state index in [2.05, 4.69) is 34.6 Å². The van der Waals surface area contributed by atoms with E-state index < -0.39 is 11.5 Å². The van der Waals surface area contributed by atoms with E-state index >= 15 is 0 Å². The van der Waals surface area contributed by atoms with Gasteiger partial charge in [0.2, 0.25) is 17.7 Å². The Morgan fingerprint density at radius 3 is 2.27 bits per heavy atom. The molecule has 0 radical (unpaired) electrons. The van der Waals surface area contributed by atoms with Crippen LogP contribution in [-0.4, -0.2) is 90.3 Å². The van der Waals surface area contributed by atoms with Gasteiger partial charge in [-0.15, -0.1) is 11.8 Å². The minimum atomic E-state index is -0.822. The van der Waals surface area contributed by atoms with Crippen molar-refractivity contribution < 1.29 is 19.2 Å². The Morgan fingerprint density at radius 2 is 1.53 bits per heavy atom. The molecular weight excluding hydrogens is 638 g/mol. The number of nitrogens with one attached hydrogen (secondary N) is 2. The van der Waals surface area contributed by atoms with Gasteiger partial charge in [0, 0.05) is 65.1 Å². The van der Waals surface area contributed by atoms with Crippen molar-refractivity contribution in [1.29, 1.82) is 0 Å². The molecule has 2 N–H and O–H groups in total. The van der Waals surface area contributed by atoms with Crippen LogP contribution in [0.25, 0.3) is 10.8 Å². The molecular formula is C42H53N5O4. The van der Waals surface area contributed by atoms with Crippen LogP contribution in [0, 0.1) is 17.3 Å². The molecule has 3 aromatic rings. The second-order valence-corrected chi connectivity index (χ2v) is 13.9. The molecule has 51 heavy (non-hydrogen) atoms. The van der Waals surface area contributed by atoms with Crippen molar-refractivity contribution in [2.24, 2.45) is 5.41 Å². The van der Waals surface area contributed by atoms with E-state index in [0.29, 0.717) is 71.4 Å². The quantitative estimate of drug-likeness (QED) is 0.181. The van der Waals surface area contributed by atoms with Crippen molar-refractivity contribution in [3.05, 3.63) is 83.9 Å². The number of amides is 5. The Labute approximate surface area is 303 Å². The number of hydrogen-bond acceptors (Lipinski definition) is 4. The lowest BCUT2D eigenvalue weighted by molar-refractivity contribution is -0.142. The first-order valence-corrected chi connectivity index (χ1v) is 18.6. The first-order chi connectivity index (χ1) is 24.8. The molecule has 5 amide bonds. The van der Waals surface area contributed by atoms with Crippen LogP contribution in [0.4, 0.5) is 4.79 Å². The van der Waals surface area contributed by atoms with Gasteiger partial charge in [-0.2, -0.15) is 0 Å². The molecule has 0 bridgehead atoms. The largest absolute Gasteiger partial charge is 0.356 e. The number of urea groups is 1. The summed E-state index contributed by atoms with van der Waals surface area (Å²) in [6.45, 7) is 6.81. The highest BCUT2D eigenvalue weighted by Crippen LogP contribution is 2.35. The molecule has 0 aliphatic carbocycles. The molecule has 2 atom stereocenters. The maximum Gasteiger partial charge on any atom is 0.318 e. The molecule has 0 unspecified atom stereocenters. The summed E-state index contributed by atoms with van der Waals surface area (Å²) in [5.74, 6) is 5.87. The highest BCUT2D eigenvalue weighted by molar-refractivity contribution is 5.90. The third-order valence-electron chi connectivity index (χ3n) is 10.2. The van der Waals surface area contributed by atoms with Gasteiger partial charge >= 0.3 is 6.03 Å². The molecule has 2 saturated heterocycles. The number of unbranched alkanes of at least 4 members (excludes halogenated alkanes) is 3. The Balaban J connectivity index is 1.29. The maximum atomic E-state index is 14.5. The summed E-state index contributed by atoms with van der Waals surface area (Å²) in [5, 5.41) is 8.31. The van der Waals surface area contributed by atoms with Gasteiger partial charge in [-0.1, -0.05) is 79.2 Å². The average molecular weight is 692 g/mol. The summed E-state index contributed by atoms with van der Waals surface area (Å²) in [5.41, 5.74) is 1.23. The molecule has 9 heteroatoms. The molecule has 2 fully saturated rings. The van der Waals surface area contributed by atoms with Crippen molar-refractivity contribution in [3.8, 4) is 11.8 Å². The van der Waals surface area contributed by atoms with Crippen molar-refractivity contribution in [1.82, 2.24) is 25.3 Å². The van der Waals surface area contributed by atoms with Crippen LogP contribution in [0.5, 0.6) is 0 Å². The third-order valence-corrected chi connectivity index (χ3v) is 10.2. The van der Waals surface area contributed by atoms with E-state index in [-0.39, 0.29) is 30.3 Å². The summed E-state index contributed by atoms with van der Waals surface area (Å²) in [6, 6.07) is 23.1. The SMILES string of the molecule is CC#CCCCCCC(=O)N1CCN(C(=O)N[C@H](Cc2ccc3ccccc3c2)C(=O)N2CCC[C@@](Cc3ccccc3)(C(=O)NCC)C2)CC1. The zero-order valence-corrected chi connectivity index (χ0v) is 30.3. The lowest BCUT2D eigenvalue weighted by Crippen LogP contribution is -2.60. The van der Waals surface area contributed by atoms with E-state index in [1.165, 1.54) is 0 Å². The second-order valence-electron chi connectivity index (χ2n) is 13.9. The molecule has 2 heterocycles. The molecule has 270 valence electrons. The van der Waals surface area contributed by atoms with Gasteiger partial charge < -0.3 is 25.3 Å². The van der Waals surface area contributed by atoms with Gasteiger partial charge in [0.1, 0.15) is 6.04 Å². The van der Waals surface area contributed by atoms with Crippen LogP contribution in [0.15, 0.2) is 72.8 Å². The smallest absolute Gasteiger partial charge is 0.318 e. The minimum absolute atomic E-state index is 0.0420. The summed E-state index contributed by atoms with van der Waals surface area (Å²) in [7, 11) is 0. The Morgan fingerprint density at radius 1 is 0.804 bits per heavy atom. The standard InChI is InChI=1S/C42H53N5O4/c1-3-5-6-7-8-12-20-38(48)45-25-27-46(28-26-45)41(51)44-37(30-34-21-22-35-18-13-14-19-36(35)29-34)39(49)47-24-15-23-42(32-47,40(50)43-4-2)31-33-16-10-9-11-17-33/h9-11,13-14,16-19,21-22,29,37H,4,6-8,12,15,20,23-28,30-32H2,1-2H3,(H,43,50)(H,44,51)/t37-,42+/m1/s1. The number of rotatable bonds is 13. The van der Waals surface area contributed by atoms with Gasteiger partial charge in [0.05, 0.1) is 5.41 Å². The molecule has 0 aromatic heterocycles. The maximum absolute atomic E-state index is 14.5. The fourth-order valence-corrected chi connectivity index (χ4v) is 7.44. The molecule has 9 nitrogen and oxygen atoms in total. The zero-order valence-electron chi connectivity index (χ0n) is 30.3. The van der Waals surface area contributed by atoms with Gasteiger partial charge in [-0.05, 0) is 67.9 Å². The first kappa shape index (κ1) is 37.4. The van der Waals surface area contributed by atoms with Gasteiger partial charge in [-0.25, -0.2) is 4.79 Å². The fourth-order valence-electron chi connectivity index (χ4n) is 7.44. The summed E-state index contributed by atoms with van der Waals surface area (Å²) >= 11 is 0. The average Bonchev–Trinajstić information content (AvgIpc) is 3.16. The number of fused-ring (bicyclic) bond motifs is 1. The first-order valence-electron chi connectivity index (χ1n) is 18.6. The van der Waals surface area contributed by atoms with E-state index in [1.807, 2.05) is 79.4 Å². The number of carbonyl (C=O) groups excluding carboxylic acids is 4. The van der Waals surface area contributed by atoms with E-state index in [0.717, 1.165) is 47.6 Å². The topological polar surface area (TPSA) is 102 Å². The van der Waals surface area contributed by atoms with Crippen LogP contribution >= 0.6 is 0 Å². The number of piperazine rings is 1. The third kappa shape index (κ3) is 10.1. The number of benzene rings is 3. The van der Waals surface area contributed by atoms with Crippen molar-refractivity contribution >= 4 is 34.5 Å². The monoisotopic (exact) mass is 691 g/mol. The fraction of sp³-hybridized carbons (Fsp3) is 0.476. The number of likely N-dealkylation sites (tertiary alicyclic amines) is 1. The lowest BCUT2D eigenvalue weighted by atomic mass is 9.74.